The predicted octanol–water partition coefficient (Wildman–Crippen LogP) is 1.74. The van der Waals surface area contributed by atoms with Crippen LogP contribution in [0.3, 0.4) is 0 Å². The molecule has 1 saturated heterocycles. The molecule has 3 amide bonds. The van der Waals surface area contributed by atoms with Gasteiger partial charge in [-0.25, -0.2) is 0 Å². The first-order valence-electron chi connectivity index (χ1n) is 6.78. The average Bonchev–Trinajstić information content (AvgIpc) is 2.69. The summed E-state index contributed by atoms with van der Waals surface area (Å²) in [6.07, 6.45) is 0.171. The van der Waals surface area contributed by atoms with Gasteiger partial charge >= 0.3 is 0 Å². The van der Waals surface area contributed by atoms with Crippen LogP contribution in [0.4, 0.5) is 0 Å². The summed E-state index contributed by atoms with van der Waals surface area (Å²) < 4.78 is 0. The summed E-state index contributed by atoms with van der Waals surface area (Å²) in [6, 6.07) is 6.33. The molecule has 1 N–H and O–H groups in total. The molecule has 2 unspecified atom stereocenters. The molecule has 1 aromatic carbocycles. The van der Waals surface area contributed by atoms with E-state index in [1.807, 2.05) is 6.07 Å². The van der Waals surface area contributed by atoms with Crippen molar-refractivity contribution in [2.24, 2.45) is 5.92 Å². The molecule has 1 aromatic rings. The molecule has 2 atom stereocenters. The highest BCUT2D eigenvalue weighted by molar-refractivity contribution is 6.30. The van der Waals surface area contributed by atoms with Crippen LogP contribution in [0.1, 0.15) is 25.8 Å². The Balaban J connectivity index is 1.97. The van der Waals surface area contributed by atoms with Crippen molar-refractivity contribution in [2.45, 2.75) is 32.9 Å². The van der Waals surface area contributed by atoms with Gasteiger partial charge in [0.2, 0.25) is 17.7 Å². The van der Waals surface area contributed by atoms with E-state index < -0.39 is 6.04 Å². The molecular weight excluding hydrogens is 292 g/mol. The highest BCUT2D eigenvalue weighted by atomic mass is 35.5. The Kier molecular flexibility index (Phi) is 4.63. The molecule has 1 fully saturated rings. The predicted molar refractivity (Wildman–Crippen MR) is 78.4 cm³/mol. The zero-order valence-electron chi connectivity index (χ0n) is 11.9. The fourth-order valence-electron chi connectivity index (χ4n) is 2.32. The van der Waals surface area contributed by atoms with Gasteiger partial charge < -0.3 is 5.32 Å². The summed E-state index contributed by atoms with van der Waals surface area (Å²) in [6.45, 7) is 3.55. The fraction of sp³-hybridized carbons (Fsp3) is 0.400. The minimum atomic E-state index is -0.797. The summed E-state index contributed by atoms with van der Waals surface area (Å²) in [5.74, 6) is -1.28. The molecule has 0 bridgehead atoms. The molecule has 112 valence electrons. The number of likely N-dealkylation sites (tertiary alicyclic amines) is 1. The van der Waals surface area contributed by atoms with Crippen molar-refractivity contribution in [1.82, 2.24) is 10.2 Å². The minimum absolute atomic E-state index is 0.171. The lowest BCUT2D eigenvalue weighted by Gasteiger charge is -2.22. The molecule has 21 heavy (non-hydrogen) atoms. The first-order valence-corrected chi connectivity index (χ1v) is 7.16. The Morgan fingerprint density at radius 3 is 2.76 bits per heavy atom. The number of benzene rings is 1. The van der Waals surface area contributed by atoms with E-state index in [1.54, 1.807) is 32.0 Å². The lowest BCUT2D eigenvalue weighted by molar-refractivity contribution is -0.146. The van der Waals surface area contributed by atoms with E-state index in [2.05, 4.69) is 5.32 Å². The van der Waals surface area contributed by atoms with Crippen molar-refractivity contribution in [2.75, 3.05) is 0 Å². The van der Waals surface area contributed by atoms with E-state index >= 15 is 0 Å². The Bertz CT molecular complexity index is 588. The topological polar surface area (TPSA) is 66.5 Å². The molecule has 1 aliphatic rings. The lowest BCUT2D eigenvalue weighted by atomic mass is 10.1. The smallest absolute Gasteiger partial charge is 0.243 e. The van der Waals surface area contributed by atoms with Gasteiger partial charge in [-0.1, -0.05) is 30.7 Å². The molecule has 5 nitrogen and oxygen atoms in total. The first-order chi connectivity index (χ1) is 9.90. The van der Waals surface area contributed by atoms with Crippen LogP contribution in [0.5, 0.6) is 0 Å². The van der Waals surface area contributed by atoms with Crippen molar-refractivity contribution >= 4 is 29.3 Å². The van der Waals surface area contributed by atoms with E-state index in [0.29, 0.717) is 11.6 Å². The van der Waals surface area contributed by atoms with E-state index in [9.17, 15) is 14.4 Å². The second-order valence-electron chi connectivity index (χ2n) is 5.23. The van der Waals surface area contributed by atoms with Gasteiger partial charge in [0.05, 0.1) is 0 Å². The Hall–Kier alpha value is -1.88. The summed E-state index contributed by atoms with van der Waals surface area (Å²) in [7, 11) is 0. The molecule has 0 saturated carbocycles. The van der Waals surface area contributed by atoms with Gasteiger partial charge in [0, 0.05) is 23.9 Å². The van der Waals surface area contributed by atoms with Crippen molar-refractivity contribution < 1.29 is 14.4 Å². The van der Waals surface area contributed by atoms with Gasteiger partial charge in [-0.15, -0.1) is 0 Å². The number of hydrogen-bond acceptors (Lipinski definition) is 3. The number of carbonyl (C=O) groups is 3. The van der Waals surface area contributed by atoms with Crippen LogP contribution < -0.4 is 5.32 Å². The summed E-state index contributed by atoms with van der Waals surface area (Å²) in [5.41, 5.74) is 0.857. The summed E-state index contributed by atoms with van der Waals surface area (Å²) >= 11 is 5.87. The van der Waals surface area contributed by atoms with Crippen LogP contribution >= 0.6 is 11.6 Å². The fourth-order valence-corrected chi connectivity index (χ4v) is 2.53. The zero-order valence-corrected chi connectivity index (χ0v) is 12.7. The number of carbonyl (C=O) groups excluding carboxylic acids is 3. The van der Waals surface area contributed by atoms with Crippen molar-refractivity contribution in [3.63, 3.8) is 0 Å². The third kappa shape index (κ3) is 3.42. The van der Waals surface area contributed by atoms with E-state index in [0.717, 1.165) is 10.5 Å². The highest BCUT2D eigenvalue weighted by Gasteiger charge is 2.40. The van der Waals surface area contributed by atoms with Gasteiger partial charge in [-0.3, -0.25) is 19.3 Å². The minimum Gasteiger partial charge on any atom is -0.350 e. The maximum Gasteiger partial charge on any atom is 0.243 e. The van der Waals surface area contributed by atoms with E-state index in [4.69, 9.17) is 11.6 Å². The second-order valence-corrected chi connectivity index (χ2v) is 5.67. The normalized spacial score (nSPS) is 19.8. The van der Waals surface area contributed by atoms with Gasteiger partial charge in [-0.2, -0.15) is 0 Å². The largest absolute Gasteiger partial charge is 0.350 e. The molecule has 2 rings (SSSR count). The molecule has 1 heterocycles. The first kappa shape index (κ1) is 15.5. The standard InChI is InChI=1S/C15H17ClN2O3/c1-9-6-13(19)18(15(9)21)10(2)14(20)17-8-11-4-3-5-12(16)7-11/h3-5,7,9-10H,6,8H2,1-2H3,(H,17,20). The van der Waals surface area contributed by atoms with Crippen molar-refractivity contribution in [3.8, 4) is 0 Å². The third-order valence-corrected chi connectivity index (χ3v) is 3.77. The maximum absolute atomic E-state index is 12.1. The maximum atomic E-state index is 12.1. The molecule has 0 aromatic heterocycles. The molecule has 0 aliphatic carbocycles. The summed E-state index contributed by atoms with van der Waals surface area (Å²) in [5, 5.41) is 3.31. The Labute approximate surface area is 128 Å². The summed E-state index contributed by atoms with van der Waals surface area (Å²) in [4.78, 5) is 36.8. The average molecular weight is 309 g/mol. The van der Waals surface area contributed by atoms with Crippen LogP contribution in [0.25, 0.3) is 0 Å². The number of nitrogens with zero attached hydrogens (tertiary/aromatic N) is 1. The van der Waals surface area contributed by atoms with Gasteiger partial charge in [0.25, 0.3) is 0 Å². The van der Waals surface area contributed by atoms with Crippen LogP contribution in [0, 0.1) is 5.92 Å². The lowest BCUT2D eigenvalue weighted by Crippen LogP contribution is -2.47. The van der Waals surface area contributed by atoms with Crippen LogP contribution in [-0.2, 0) is 20.9 Å². The van der Waals surface area contributed by atoms with Gasteiger partial charge in [0.15, 0.2) is 0 Å². The molecular formula is C15H17ClN2O3. The van der Waals surface area contributed by atoms with Crippen LogP contribution in [-0.4, -0.2) is 28.7 Å². The van der Waals surface area contributed by atoms with Crippen LogP contribution in [0.2, 0.25) is 5.02 Å². The third-order valence-electron chi connectivity index (χ3n) is 3.53. The molecule has 1 aliphatic heterocycles. The van der Waals surface area contributed by atoms with E-state index in [1.165, 1.54) is 0 Å². The number of imide groups is 1. The molecule has 0 radical (unpaired) electrons. The number of hydrogen-bond donors (Lipinski definition) is 1. The van der Waals surface area contributed by atoms with Gasteiger partial charge in [0.1, 0.15) is 6.04 Å². The van der Waals surface area contributed by atoms with Crippen LogP contribution in [0.15, 0.2) is 24.3 Å². The highest BCUT2D eigenvalue weighted by Crippen LogP contribution is 2.21. The van der Waals surface area contributed by atoms with Crippen molar-refractivity contribution in [1.29, 1.82) is 0 Å². The Morgan fingerprint density at radius 1 is 1.48 bits per heavy atom. The molecule has 0 spiro atoms. The van der Waals surface area contributed by atoms with Gasteiger partial charge in [-0.05, 0) is 24.6 Å². The SMILES string of the molecule is CC1CC(=O)N(C(C)C(=O)NCc2cccc(Cl)c2)C1=O. The monoisotopic (exact) mass is 308 g/mol. The van der Waals surface area contributed by atoms with E-state index in [-0.39, 0.29) is 30.1 Å². The molecule has 6 heteroatoms. The zero-order chi connectivity index (χ0) is 15.6. The second kappa shape index (κ2) is 6.26. The number of nitrogens with one attached hydrogen (secondary N) is 1. The Morgan fingerprint density at radius 2 is 2.19 bits per heavy atom. The quantitative estimate of drug-likeness (QED) is 0.862. The number of rotatable bonds is 4. The number of amides is 3. The number of halogens is 1. The van der Waals surface area contributed by atoms with Crippen molar-refractivity contribution in [3.05, 3.63) is 34.9 Å².